The quantitative estimate of drug-likeness (QED) is 0.267. The Hall–Kier alpha value is -1.33. The molecular weight excluding hydrogens is 260 g/mol. The van der Waals surface area contributed by atoms with Crippen LogP contribution in [0.4, 0.5) is 0 Å². The molecule has 2 atom stereocenters. The SMILES string of the molecule is C=COCC(C)(OCC(C)OC(=O)C(=C)C)OC(C)C. The number of esters is 1. The molecule has 0 aromatic heterocycles. The Morgan fingerprint density at radius 1 is 1.35 bits per heavy atom. The van der Waals surface area contributed by atoms with Crippen molar-refractivity contribution in [2.24, 2.45) is 0 Å². The van der Waals surface area contributed by atoms with Crippen LogP contribution in [-0.2, 0) is 23.7 Å². The van der Waals surface area contributed by atoms with Crippen LogP contribution in [0.2, 0.25) is 0 Å². The molecule has 0 N–H and O–H groups in total. The van der Waals surface area contributed by atoms with Gasteiger partial charge in [-0.3, -0.25) is 0 Å². The summed E-state index contributed by atoms with van der Waals surface area (Å²) in [6.45, 7) is 16.3. The average Bonchev–Trinajstić information content (AvgIpc) is 2.33. The Kier molecular flexibility index (Phi) is 8.18. The van der Waals surface area contributed by atoms with Crippen LogP contribution in [0.15, 0.2) is 25.0 Å². The number of hydrogen-bond acceptors (Lipinski definition) is 5. The van der Waals surface area contributed by atoms with Gasteiger partial charge in [-0.05, 0) is 34.6 Å². The first-order chi connectivity index (χ1) is 9.20. The van der Waals surface area contributed by atoms with Crippen molar-refractivity contribution in [1.29, 1.82) is 0 Å². The first-order valence-corrected chi connectivity index (χ1v) is 6.61. The Balaban J connectivity index is 4.40. The predicted octanol–water partition coefficient (Wildman–Crippen LogP) is 2.81. The van der Waals surface area contributed by atoms with Gasteiger partial charge in [0.05, 0.1) is 19.0 Å². The number of carbonyl (C=O) groups excluding carboxylic acids is 1. The molecule has 5 heteroatoms. The summed E-state index contributed by atoms with van der Waals surface area (Å²) < 4.78 is 21.7. The minimum Gasteiger partial charge on any atom is -0.496 e. The van der Waals surface area contributed by atoms with Gasteiger partial charge in [0.2, 0.25) is 0 Å². The Bertz CT molecular complexity index is 337. The van der Waals surface area contributed by atoms with Gasteiger partial charge in [-0.25, -0.2) is 4.79 Å². The van der Waals surface area contributed by atoms with Crippen molar-refractivity contribution in [3.8, 4) is 0 Å². The molecule has 0 saturated carbocycles. The standard InChI is InChI=1S/C15H26O5/c1-8-17-10-15(7,20-12(4)5)18-9-13(6)19-14(16)11(2)3/h8,12-13H,1-2,9-10H2,3-7H3. The van der Waals surface area contributed by atoms with Gasteiger partial charge in [0.15, 0.2) is 5.79 Å². The van der Waals surface area contributed by atoms with E-state index in [-0.39, 0.29) is 19.3 Å². The topological polar surface area (TPSA) is 54.0 Å². The lowest BCUT2D eigenvalue weighted by atomic mass is 10.3. The zero-order chi connectivity index (χ0) is 15.8. The molecule has 0 spiro atoms. The summed E-state index contributed by atoms with van der Waals surface area (Å²) in [5.41, 5.74) is 0.355. The molecule has 5 nitrogen and oxygen atoms in total. The Morgan fingerprint density at radius 2 is 1.95 bits per heavy atom. The Labute approximate surface area is 121 Å². The van der Waals surface area contributed by atoms with Gasteiger partial charge in [-0.2, -0.15) is 0 Å². The third-order valence-corrected chi connectivity index (χ3v) is 2.23. The van der Waals surface area contributed by atoms with E-state index in [1.165, 1.54) is 6.26 Å². The molecule has 0 radical (unpaired) electrons. The minimum atomic E-state index is -0.924. The molecular formula is C15H26O5. The zero-order valence-electron chi connectivity index (χ0n) is 13.1. The van der Waals surface area contributed by atoms with E-state index in [2.05, 4.69) is 13.2 Å². The summed E-state index contributed by atoms with van der Waals surface area (Å²) >= 11 is 0. The Morgan fingerprint density at radius 3 is 2.40 bits per heavy atom. The van der Waals surface area contributed by atoms with E-state index in [9.17, 15) is 4.79 Å². The average molecular weight is 286 g/mol. The van der Waals surface area contributed by atoms with E-state index in [1.54, 1.807) is 20.8 Å². The lowest BCUT2D eigenvalue weighted by molar-refractivity contribution is -0.266. The third-order valence-electron chi connectivity index (χ3n) is 2.23. The molecule has 0 bridgehead atoms. The van der Waals surface area contributed by atoms with E-state index in [4.69, 9.17) is 18.9 Å². The highest BCUT2D eigenvalue weighted by atomic mass is 16.7. The molecule has 2 unspecified atom stereocenters. The van der Waals surface area contributed by atoms with Crippen LogP contribution in [0.3, 0.4) is 0 Å². The summed E-state index contributed by atoms with van der Waals surface area (Å²) in [7, 11) is 0. The molecule has 0 saturated heterocycles. The fourth-order valence-electron chi connectivity index (χ4n) is 1.43. The van der Waals surface area contributed by atoms with E-state index in [1.807, 2.05) is 13.8 Å². The highest BCUT2D eigenvalue weighted by Crippen LogP contribution is 2.17. The molecule has 0 amide bonds. The second-order valence-corrected chi connectivity index (χ2v) is 5.09. The summed E-state index contributed by atoms with van der Waals surface area (Å²) in [5.74, 6) is -1.36. The molecule has 0 heterocycles. The normalized spacial score (nSPS) is 15.3. The molecule has 20 heavy (non-hydrogen) atoms. The highest BCUT2D eigenvalue weighted by Gasteiger charge is 2.29. The van der Waals surface area contributed by atoms with E-state index in [0.29, 0.717) is 5.57 Å². The van der Waals surface area contributed by atoms with Gasteiger partial charge in [0, 0.05) is 5.57 Å². The number of ether oxygens (including phenoxy) is 4. The number of carbonyl (C=O) groups is 1. The summed E-state index contributed by atoms with van der Waals surface area (Å²) in [6, 6.07) is 0. The van der Waals surface area contributed by atoms with Gasteiger partial charge in [-0.15, -0.1) is 0 Å². The van der Waals surface area contributed by atoms with Crippen molar-refractivity contribution in [1.82, 2.24) is 0 Å². The largest absolute Gasteiger partial charge is 0.496 e. The maximum Gasteiger partial charge on any atom is 0.333 e. The van der Waals surface area contributed by atoms with Crippen molar-refractivity contribution in [3.05, 3.63) is 25.0 Å². The highest BCUT2D eigenvalue weighted by molar-refractivity contribution is 5.87. The van der Waals surface area contributed by atoms with E-state index in [0.717, 1.165) is 0 Å². The molecule has 0 aliphatic carbocycles. The first kappa shape index (κ1) is 18.7. The van der Waals surface area contributed by atoms with Crippen molar-refractivity contribution in [2.75, 3.05) is 13.2 Å². The van der Waals surface area contributed by atoms with Crippen LogP contribution in [0.25, 0.3) is 0 Å². The summed E-state index contributed by atoms with van der Waals surface area (Å²) in [6.07, 6.45) is 0.898. The van der Waals surface area contributed by atoms with Crippen molar-refractivity contribution >= 4 is 5.97 Å². The van der Waals surface area contributed by atoms with Gasteiger partial charge >= 0.3 is 5.97 Å². The third kappa shape index (κ3) is 7.96. The van der Waals surface area contributed by atoms with Gasteiger partial charge in [0.25, 0.3) is 0 Å². The summed E-state index contributed by atoms with van der Waals surface area (Å²) in [4.78, 5) is 11.4. The second-order valence-electron chi connectivity index (χ2n) is 5.09. The van der Waals surface area contributed by atoms with Crippen LogP contribution < -0.4 is 0 Å². The molecule has 0 aromatic carbocycles. The summed E-state index contributed by atoms with van der Waals surface area (Å²) in [5, 5.41) is 0. The van der Waals surface area contributed by atoms with Crippen molar-refractivity contribution < 1.29 is 23.7 Å². The lowest BCUT2D eigenvalue weighted by Crippen LogP contribution is -2.41. The molecule has 116 valence electrons. The van der Waals surface area contributed by atoms with Gasteiger partial charge in [-0.1, -0.05) is 13.2 Å². The fourth-order valence-corrected chi connectivity index (χ4v) is 1.43. The second kappa shape index (κ2) is 8.76. The monoisotopic (exact) mass is 286 g/mol. The fraction of sp³-hybridized carbons (Fsp3) is 0.667. The van der Waals surface area contributed by atoms with Crippen LogP contribution in [0.5, 0.6) is 0 Å². The predicted molar refractivity (Wildman–Crippen MR) is 77.1 cm³/mol. The van der Waals surface area contributed by atoms with Crippen LogP contribution in [0.1, 0.15) is 34.6 Å². The lowest BCUT2D eigenvalue weighted by Gasteiger charge is -2.32. The van der Waals surface area contributed by atoms with Crippen LogP contribution >= 0.6 is 0 Å². The van der Waals surface area contributed by atoms with Crippen LogP contribution in [-0.4, -0.2) is 37.2 Å². The van der Waals surface area contributed by atoms with E-state index >= 15 is 0 Å². The van der Waals surface area contributed by atoms with Gasteiger partial charge in [0.1, 0.15) is 12.7 Å². The molecule has 0 fully saturated rings. The van der Waals surface area contributed by atoms with Crippen LogP contribution in [0, 0.1) is 0 Å². The maximum atomic E-state index is 11.4. The number of rotatable bonds is 10. The number of hydrogen-bond donors (Lipinski definition) is 0. The zero-order valence-corrected chi connectivity index (χ0v) is 13.1. The smallest absolute Gasteiger partial charge is 0.333 e. The molecule has 0 aromatic rings. The first-order valence-electron chi connectivity index (χ1n) is 6.61. The van der Waals surface area contributed by atoms with Crippen molar-refractivity contribution in [2.45, 2.75) is 52.6 Å². The minimum absolute atomic E-state index is 0.0262. The van der Waals surface area contributed by atoms with Crippen molar-refractivity contribution in [3.63, 3.8) is 0 Å². The molecule has 0 aliphatic rings. The molecule has 0 rings (SSSR count). The van der Waals surface area contributed by atoms with E-state index < -0.39 is 17.9 Å². The van der Waals surface area contributed by atoms with Gasteiger partial charge < -0.3 is 18.9 Å². The maximum absolute atomic E-state index is 11.4. The molecule has 0 aliphatic heterocycles.